The van der Waals surface area contributed by atoms with Gasteiger partial charge < -0.3 is 20.1 Å². The smallest absolute Gasteiger partial charge is 0.451 e. The molecule has 1 aliphatic heterocycles. The molecule has 4 aromatic rings. The van der Waals surface area contributed by atoms with Gasteiger partial charge in [-0.25, -0.2) is 15.0 Å². The van der Waals surface area contributed by atoms with Crippen LogP contribution in [0, 0.1) is 11.3 Å². The number of aromatic amines is 1. The van der Waals surface area contributed by atoms with Gasteiger partial charge in [-0.2, -0.15) is 28.5 Å². The zero-order valence-corrected chi connectivity index (χ0v) is 24.2. The number of aliphatic hydroxyl groups excluding tert-OH is 1. The van der Waals surface area contributed by atoms with Crippen molar-refractivity contribution in [1.29, 1.82) is 5.26 Å². The predicted molar refractivity (Wildman–Crippen MR) is 152 cm³/mol. The first-order valence-corrected chi connectivity index (χ1v) is 14.6. The van der Waals surface area contributed by atoms with Crippen LogP contribution in [0.5, 0.6) is 5.88 Å². The molecular weight excluding hydrogens is 577 g/mol. The molecule has 1 aliphatic carbocycles. The van der Waals surface area contributed by atoms with E-state index in [1.807, 2.05) is 12.3 Å². The lowest BCUT2D eigenvalue weighted by Gasteiger charge is -2.57. The number of nitrogens with zero attached hydrogens (tertiary/aromatic N) is 8. The highest BCUT2D eigenvalue weighted by Crippen LogP contribution is 2.44. The largest absolute Gasteiger partial charge is 0.456 e. The molecule has 232 valence electrons. The summed E-state index contributed by atoms with van der Waals surface area (Å²) >= 11 is 0. The number of nitrogens with one attached hydrogen (secondary N) is 2. The highest BCUT2D eigenvalue weighted by atomic mass is 19.4. The first kappa shape index (κ1) is 29.9. The van der Waals surface area contributed by atoms with Crippen LogP contribution < -0.4 is 10.1 Å². The third kappa shape index (κ3) is 5.72. The van der Waals surface area contributed by atoms with Gasteiger partial charge >= 0.3 is 6.18 Å². The fourth-order valence-corrected chi connectivity index (χ4v) is 6.11. The average molecular weight is 611 g/mol. The minimum Gasteiger partial charge on any atom is -0.456 e. The van der Waals surface area contributed by atoms with E-state index in [-0.39, 0.29) is 37.2 Å². The minimum absolute atomic E-state index is 0.00864. The van der Waals surface area contributed by atoms with E-state index >= 15 is 0 Å². The molecule has 3 N–H and O–H groups in total. The molecule has 12 nitrogen and oxygen atoms in total. The minimum atomic E-state index is -4.76. The van der Waals surface area contributed by atoms with Crippen molar-refractivity contribution in [2.24, 2.45) is 0 Å². The van der Waals surface area contributed by atoms with E-state index in [4.69, 9.17) is 4.74 Å². The molecule has 6 rings (SSSR count). The van der Waals surface area contributed by atoms with Crippen molar-refractivity contribution in [1.82, 2.24) is 44.9 Å². The second kappa shape index (κ2) is 11.8. The molecule has 5 heterocycles. The first-order valence-electron chi connectivity index (χ1n) is 14.6. The monoisotopic (exact) mass is 610 g/mol. The van der Waals surface area contributed by atoms with Gasteiger partial charge in [0, 0.05) is 67.9 Å². The molecule has 0 spiro atoms. The topological polar surface area (TPSA) is 154 Å². The Balaban J connectivity index is 1.27. The number of aliphatic hydroxyl groups is 1. The van der Waals surface area contributed by atoms with Crippen LogP contribution in [0.4, 0.5) is 13.2 Å². The lowest BCUT2D eigenvalue weighted by molar-refractivity contribution is -0.184. The highest BCUT2D eigenvalue weighted by Gasteiger charge is 2.55. The predicted octanol–water partition coefficient (Wildman–Crippen LogP) is 3.76. The molecule has 44 heavy (non-hydrogen) atoms. The van der Waals surface area contributed by atoms with Gasteiger partial charge in [0.25, 0.3) is 0 Å². The van der Waals surface area contributed by atoms with Crippen LogP contribution in [0.3, 0.4) is 0 Å². The number of hydrogen-bond acceptors (Lipinski definition) is 10. The summed E-state index contributed by atoms with van der Waals surface area (Å²) in [4.78, 5) is 21.4. The molecule has 1 atom stereocenters. The van der Waals surface area contributed by atoms with Crippen LogP contribution in [0.2, 0.25) is 0 Å². The summed E-state index contributed by atoms with van der Waals surface area (Å²) in [5, 5.41) is 27.6. The Hall–Kier alpha value is -4.13. The summed E-state index contributed by atoms with van der Waals surface area (Å²) in [6.07, 6.45) is 6.18. The normalized spacial score (nSPS) is 18.9. The van der Waals surface area contributed by atoms with Gasteiger partial charge in [0.05, 0.1) is 36.7 Å². The van der Waals surface area contributed by atoms with Gasteiger partial charge in [0.1, 0.15) is 17.5 Å². The molecule has 2 aliphatic rings. The van der Waals surface area contributed by atoms with E-state index in [9.17, 15) is 23.5 Å². The number of alkyl halides is 3. The van der Waals surface area contributed by atoms with Crippen LogP contribution in [-0.4, -0.2) is 76.2 Å². The number of halogens is 3. The summed E-state index contributed by atoms with van der Waals surface area (Å²) in [7, 11) is 0. The lowest BCUT2D eigenvalue weighted by Crippen LogP contribution is -2.71. The summed E-state index contributed by atoms with van der Waals surface area (Å²) < 4.78 is 49.6. The van der Waals surface area contributed by atoms with Gasteiger partial charge in [-0.3, -0.25) is 9.58 Å². The standard InChI is InChI=1S/C29H33F3N10O2/c1-19(15-43)35-13-21-11-23(40-26(39-21)29(30,31)32)44-28(6-3-2-4-7-28)41-16-27(17-41,8-9-33)42-14-20(12-38-42)24-22-5-10-34-25(22)37-18-36-24/h5,10-12,14,18-19,35,43H,2-4,6-8,13,15-17H2,1H3,(H,34,36,37)/t19-/m1/s1. The number of ether oxygens (including phenoxy) is 1. The summed E-state index contributed by atoms with van der Waals surface area (Å²) in [5.74, 6) is -1.43. The number of likely N-dealkylation sites (tertiary alicyclic amines) is 1. The zero-order valence-electron chi connectivity index (χ0n) is 24.2. The van der Waals surface area contributed by atoms with Crippen molar-refractivity contribution < 1.29 is 23.0 Å². The molecule has 0 bridgehead atoms. The van der Waals surface area contributed by atoms with Crippen LogP contribution in [0.1, 0.15) is 57.0 Å². The summed E-state index contributed by atoms with van der Waals surface area (Å²) in [6.45, 7) is 2.40. The van der Waals surface area contributed by atoms with E-state index in [0.717, 1.165) is 35.9 Å². The number of rotatable bonds is 10. The van der Waals surface area contributed by atoms with E-state index in [2.05, 4.69) is 46.3 Å². The van der Waals surface area contributed by atoms with Gasteiger partial charge in [-0.15, -0.1) is 0 Å². The molecule has 0 aromatic carbocycles. The fraction of sp³-hybridized carbons (Fsp3) is 0.517. The Kier molecular flexibility index (Phi) is 7.99. The number of hydrogen-bond donors (Lipinski definition) is 3. The number of fused-ring (bicyclic) bond motifs is 1. The number of aromatic nitrogens is 7. The van der Waals surface area contributed by atoms with Gasteiger partial charge in [-0.1, -0.05) is 6.42 Å². The van der Waals surface area contributed by atoms with Crippen LogP contribution in [0.15, 0.2) is 37.1 Å². The summed E-state index contributed by atoms with van der Waals surface area (Å²) in [5.41, 5.74) is 0.790. The maximum Gasteiger partial charge on any atom is 0.451 e. The van der Waals surface area contributed by atoms with E-state index < -0.39 is 23.3 Å². The van der Waals surface area contributed by atoms with Crippen LogP contribution in [-0.2, 0) is 18.3 Å². The Morgan fingerprint density at radius 1 is 1.20 bits per heavy atom. The molecule has 0 radical (unpaired) electrons. The maximum atomic E-state index is 13.8. The quantitative estimate of drug-likeness (QED) is 0.242. The first-order chi connectivity index (χ1) is 21.1. The van der Waals surface area contributed by atoms with Gasteiger partial charge in [-0.05, 0) is 25.8 Å². The highest BCUT2D eigenvalue weighted by molar-refractivity contribution is 5.90. The summed E-state index contributed by atoms with van der Waals surface area (Å²) in [6, 6.07) is 5.30. The van der Waals surface area contributed by atoms with Crippen molar-refractivity contribution in [3.05, 3.63) is 48.6 Å². The van der Waals surface area contributed by atoms with Gasteiger partial charge in [0.15, 0.2) is 5.72 Å². The number of H-pyrrole nitrogens is 1. The fourth-order valence-electron chi connectivity index (χ4n) is 6.11. The third-order valence-electron chi connectivity index (χ3n) is 8.49. The molecule has 15 heteroatoms. The molecule has 0 unspecified atom stereocenters. The van der Waals surface area contributed by atoms with Crippen molar-refractivity contribution in [2.45, 2.75) is 75.5 Å². The molecule has 2 fully saturated rings. The van der Waals surface area contributed by atoms with Crippen LogP contribution >= 0.6 is 0 Å². The second-order valence-corrected chi connectivity index (χ2v) is 11.6. The van der Waals surface area contributed by atoms with E-state index in [1.54, 1.807) is 24.0 Å². The van der Waals surface area contributed by atoms with E-state index in [0.29, 0.717) is 31.6 Å². The molecule has 0 amide bonds. The maximum absolute atomic E-state index is 13.8. The van der Waals surface area contributed by atoms with Crippen molar-refractivity contribution in [2.75, 3.05) is 19.7 Å². The van der Waals surface area contributed by atoms with Crippen molar-refractivity contribution in [3.63, 3.8) is 0 Å². The Morgan fingerprint density at radius 3 is 2.73 bits per heavy atom. The Bertz CT molecular complexity index is 1650. The average Bonchev–Trinajstić information content (AvgIpc) is 3.68. The molecule has 4 aromatic heterocycles. The Labute approximate surface area is 251 Å². The van der Waals surface area contributed by atoms with Crippen molar-refractivity contribution >= 4 is 11.0 Å². The molecule has 1 saturated carbocycles. The zero-order chi connectivity index (χ0) is 31.0. The third-order valence-corrected chi connectivity index (χ3v) is 8.49. The SMILES string of the molecule is C[C@H](CO)NCc1cc(OC2(N3CC(CC#N)(n4cc(-c5ncnc6[nH]ccc56)cn4)C3)CCCCC2)nc(C(F)(F)F)n1. The van der Waals surface area contributed by atoms with Crippen LogP contribution in [0.25, 0.3) is 22.3 Å². The molecule has 1 saturated heterocycles. The van der Waals surface area contributed by atoms with Gasteiger partial charge in [0.2, 0.25) is 11.7 Å². The van der Waals surface area contributed by atoms with Crippen molar-refractivity contribution in [3.8, 4) is 23.2 Å². The van der Waals surface area contributed by atoms with E-state index in [1.165, 1.54) is 12.4 Å². The Morgan fingerprint density at radius 2 is 2.00 bits per heavy atom. The second-order valence-electron chi connectivity index (χ2n) is 11.6. The number of nitriles is 1. The lowest BCUT2D eigenvalue weighted by atomic mass is 9.80. The molecular formula is C29H33F3N10O2.